The molecule has 3 rings (SSSR count). The lowest BCUT2D eigenvalue weighted by Crippen LogP contribution is -2.50. The van der Waals surface area contributed by atoms with Gasteiger partial charge in [-0.1, -0.05) is 18.2 Å². The van der Waals surface area contributed by atoms with Gasteiger partial charge in [0.15, 0.2) is 0 Å². The van der Waals surface area contributed by atoms with Crippen LogP contribution in [0, 0.1) is 11.8 Å². The van der Waals surface area contributed by atoms with Crippen LogP contribution in [-0.2, 0) is 9.53 Å². The molecule has 3 nitrogen and oxygen atoms in total. The third kappa shape index (κ3) is 2.20. The number of alkyl halides is 1. The first kappa shape index (κ1) is 13.8. The lowest BCUT2D eigenvalue weighted by molar-refractivity contribution is -0.151. The molecule has 2 bridgehead atoms. The van der Waals surface area contributed by atoms with Crippen LogP contribution in [0.5, 0.6) is 0 Å². The highest BCUT2D eigenvalue weighted by atomic mass is 19.1. The van der Waals surface area contributed by atoms with Crippen LogP contribution >= 0.6 is 0 Å². The van der Waals surface area contributed by atoms with Crippen molar-refractivity contribution >= 4 is 5.97 Å². The summed E-state index contributed by atoms with van der Waals surface area (Å²) < 4.78 is 18.3. The van der Waals surface area contributed by atoms with Gasteiger partial charge in [-0.15, -0.1) is 0 Å². The Kier molecular flexibility index (Phi) is 3.67. The summed E-state index contributed by atoms with van der Waals surface area (Å²) in [7, 11) is 3.57. The van der Waals surface area contributed by atoms with Crippen LogP contribution in [0.3, 0.4) is 0 Å². The highest BCUT2D eigenvalue weighted by Crippen LogP contribution is 2.45. The summed E-state index contributed by atoms with van der Waals surface area (Å²) in [5.41, 5.74) is 1.12. The summed E-state index contributed by atoms with van der Waals surface area (Å²) >= 11 is 0. The highest BCUT2D eigenvalue weighted by Gasteiger charge is 2.49. The van der Waals surface area contributed by atoms with E-state index in [-0.39, 0.29) is 23.8 Å². The van der Waals surface area contributed by atoms with E-state index in [9.17, 15) is 9.18 Å². The molecule has 0 aromatic heterocycles. The normalized spacial score (nSPS) is 40.5. The molecule has 0 saturated carbocycles. The maximum absolute atomic E-state index is 13.2. The van der Waals surface area contributed by atoms with Crippen molar-refractivity contribution in [1.29, 1.82) is 0 Å². The number of ether oxygens (including phenoxy) is 1. The van der Waals surface area contributed by atoms with E-state index < -0.39 is 6.17 Å². The van der Waals surface area contributed by atoms with Crippen molar-refractivity contribution in [3.63, 3.8) is 0 Å². The van der Waals surface area contributed by atoms with E-state index in [1.54, 1.807) is 6.08 Å². The molecule has 0 spiro atoms. The molecule has 110 valence electrons. The molecule has 0 radical (unpaired) electrons. The fourth-order valence-electron chi connectivity index (χ4n) is 4.15. The van der Waals surface area contributed by atoms with Crippen molar-refractivity contribution in [1.82, 2.24) is 4.90 Å². The lowest BCUT2D eigenvalue weighted by atomic mass is 9.74. The van der Waals surface area contributed by atoms with Crippen molar-refractivity contribution in [2.24, 2.45) is 11.8 Å². The minimum Gasteiger partial charge on any atom is -0.469 e. The smallest absolute Gasteiger partial charge is 0.310 e. The first-order chi connectivity index (χ1) is 9.61. The Hall–Kier alpha value is -1.16. The number of carbonyl (C=O) groups excluding carboxylic acids is 1. The van der Waals surface area contributed by atoms with Gasteiger partial charge >= 0.3 is 5.97 Å². The van der Waals surface area contributed by atoms with Crippen molar-refractivity contribution in [3.8, 4) is 0 Å². The summed E-state index contributed by atoms with van der Waals surface area (Å²) in [6.45, 7) is 0. The first-order valence-corrected chi connectivity index (χ1v) is 7.44. The number of fused-ring (bicyclic) bond motifs is 2. The third-order valence-electron chi connectivity index (χ3n) is 5.25. The number of halogens is 1. The molecule has 2 fully saturated rings. The quantitative estimate of drug-likeness (QED) is 0.727. The molecular weight excluding hydrogens is 257 g/mol. The van der Waals surface area contributed by atoms with Crippen LogP contribution in [0.4, 0.5) is 4.39 Å². The van der Waals surface area contributed by atoms with Gasteiger partial charge in [0.1, 0.15) is 6.17 Å². The van der Waals surface area contributed by atoms with Gasteiger partial charge in [-0.25, -0.2) is 4.39 Å². The summed E-state index contributed by atoms with van der Waals surface area (Å²) in [4.78, 5) is 14.6. The predicted molar refractivity (Wildman–Crippen MR) is 74.9 cm³/mol. The molecule has 20 heavy (non-hydrogen) atoms. The van der Waals surface area contributed by atoms with Crippen LogP contribution in [0.1, 0.15) is 25.7 Å². The SMILES string of the molecule is COC(=O)[C@@H]1C2CCC(C[C@@H]1C1=CCC(F)C=C1)N2C. The van der Waals surface area contributed by atoms with Gasteiger partial charge in [-0.2, -0.15) is 0 Å². The fourth-order valence-corrected chi connectivity index (χ4v) is 4.15. The number of methoxy groups -OCH3 is 1. The standard InChI is InChI=1S/C16H22FNO2/c1-18-12-7-8-14(18)15(16(19)20-2)13(9-12)10-3-5-11(17)6-4-10/h3-5,11-15H,6-9H2,1-2H3/t11?,12?,13-,14?,15+/m1/s1. The Morgan fingerprint density at radius 3 is 2.90 bits per heavy atom. The number of nitrogens with zero attached hydrogens (tertiary/aromatic N) is 1. The minimum atomic E-state index is -0.877. The molecule has 1 aliphatic carbocycles. The number of hydrogen-bond acceptors (Lipinski definition) is 3. The minimum absolute atomic E-state index is 0.115. The molecule has 2 aliphatic heterocycles. The summed E-state index contributed by atoms with van der Waals surface area (Å²) in [5.74, 6) is -0.0559. The van der Waals surface area contributed by atoms with E-state index in [2.05, 4.69) is 11.9 Å². The van der Waals surface area contributed by atoms with Crippen LogP contribution in [-0.4, -0.2) is 43.3 Å². The summed E-state index contributed by atoms with van der Waals surface area (Å²) in [6, 6.07) is 0.812. The van der Waals surface area contributed by atoms with Crippen LogP contribution < -0.4 is 0 Å². The molecule has 4 heteroatoms. The van der Waals surface area contributed by atoms with Gasteiger partial charge in [0.05, 0.1) is 13.0 Å². The third-order valence-corrected chi connectivity index (χ3v) is 5.25. The maximum Gasteiger partial charge on any atom is 0.310 e. The Morgan fingerprint density at radius 2 is 2.25 bits per heavy atom. The number of rotatable bonds is 2. The van der Waals surface area contributed by atoms with Gasteiger partial charge in [-0.05, 0) is 37.8 Å². The Morgan fingerprint density at radius 1 is 1.45 bits per heavy atom. The second-order valence-electron chi connectivity index (χ2n) is 6.17. The van der Waals surface area contributed by atoms with Crippen molar-refractivity contribution < 1.29 is 13.9 Å². The monoisotopic (exact) mass is 279 g/mol. The van der Waals surface area contributed by atoms with E-state index >= 15 is 0 Å². The second kappa shape index (κ2) is 5.32. The molecule has 3 unspecified atom stereocenters. The number of esters is 1. The van der Waals surface area contributed by atoms with Gasteiger partial charge in [0.2, 0.25) is 0 Å². The van der Waals surface area contributed by atoms with E-state index in [4.69, 9.17) is 4.74 Å². The highest BCUT2D eigenvalue weighted by molar-refractivity contribution is 5.74. The zero-order chi connectivity index (χ0) is 14.3. The molecule has 5 atom stereocenters. The summed E-state index contributed by atoms with van der Waals surface area (Å²) in [5, 5.41) is 0. The van der Waals surface area contributed by atoms with Crippen molar-refractivity contribution in [2.75, 3.05) is 14.2 Å². The fraction of sp³-hybridized carbons (Fsp3) is 0.688. The van der Waals surface area contributed by atoms with E-state index in [1.807, 2.05) is 12.2 Å². The molecule has 2 heterocycles. The molecule has 2 saturated heterocycles. The van der Waals surface area contributed by atoms with Gasteiger partial charge < -0.3 is 4.74 Å². The zero-order valence-electron chi connectivity index (χ0n) is 12.1. The number of allylic oxidation sites excluding steroid dienone is 4. The zero-order valence-corrected chi connectivity index (χ0v) is 12.1. The van der Waals surface area contributed by atoms with Crippen molar-refractivity contribution in [3.05, 3.63) is 23.8 Å². The molecule has 0 aromatic rings. The van der Waals surface area contributed by atoms with Gasteiger partial charge in [0.25, 0.3) is 0 Å². The molecule has 3 aliphatic rings. The van der Waals surface area contributed by atoms with E-state index in [1.165, 1.54) is 7.11 Å². The first-order valence-electron chi connectivity index (χ1n) is 7.44. The molecule has 0 aromatic carbocycles. The van der Waals surface area contributed by atoms with Crippen LogP contribution in [0.2, 0.25) is 0 Å². The second-order valence-corrected chi connectivity index (χ2v) is 6.17. The Labute approximate surface area is 119 Å². The number of hydrogen-bond donors (Lipinski definition) is 0. The largest absolute Gasteiger partial charge is 0.469 e. The molecule has 0 N–H and O–H groups in total. The maximum atomic E-state index is 13.2. The average Bonchev–Trinajstić information content (AvgIpc) is 2.70. The summed E-state index contributed by atoms with van der Waals surface area (Å²) in [6.07, 6.45) is 8.19. The number of carbonyl (C=O) groups is 1. The van der Waals surface area contributed by atoms with Crippen LogP contribution in [0.15, 0.2) is 23.8 Å². The predicted octanol–water partition coefficient (Wildman–Crippen LogP) is 2.48. The Balaban J connectivity index is 1.88. The van der Waals surface area contributed by atoms with Gasteiger partial charge in [0, 0.05) is 18.5 Å². The Bertz CT molecular complexity index is 459. The van der Waals surface area contributed by atoms with Crippen LogP contribution in [0.25, 0.3) is 0 Å². The topological polar surface area (TPSA) is 29.5 Å². The molecule has 0 amide bonds. The van der Waals surface area contributed by atoms with E-state index in [0.29, 0.717) is 12.5 Å². The average molecular weight is 279 g/mol. The number of piperidine rings is 1. The van der Waals surface area contributed by atoms with E-state index in [0.717, 1.165) is 24.8 Å². The lowest BCUT2D eigenvalue weighted by Gasteiger charge is -2.42. The van der Waals surface area contributed by atoms with Gasteiger partial charge in [-0.3, -0.25) is 9.69 Å². The molecular formula is C16H22FNO2. The van der Waals surface area contributed by atoms with Crippen molar-refractivity contribution in [2.45, 2.75) is 43.9 Å².